The fourth-order valence-corrected chi connectivity index (χ4v) is 4.81. The Labute approximate surface area is 146 Å². The lowest BCUT2D eigenvalue weighted by Crippen LogP contribution is -2.31. The lowest BCUT2D eigenvalue weighted by Gasteiger charge is -2.25. The number of rotatable bonds is 4. The third kappa shape index (κ3) is 3.57. The number of benzene rings is 2. The van der Waals surface area contributed by atoms with Crippen molar-refractivity contribution < 1.29 is 17.6 Å². The van der Waals surface area contributed by atoms with Crippen molar-refractivity contribution in [3.8, 4) is 0 Å². The summed E-state index contributed by atoms with van der Waals surface area (Å²) in [5, 5.41) is 2.60. The van der Waals surface area contributed by atoms with Gasteiger partial charge in [-0.25, -0.2) is 12.8 Å². The largest absolute Gasteiger partial charge is 0.326 e. The van der Waals surface area contributed by atoms with Gasteiger partial charge >= 0.3 is 0 Å². The Bertz CT molecular complexity index is 881. The van der Waals surface area contributed by atoms with Crippen LogP contribution in [-0.2, 0) is 14.8 Å². The minimum absolute atomic E-state index is 0.129. The summed E-state index contributed by atoms with van der Waals surface area (Å²) in [6, 6.07) is 11.8. The minimum atomic E-state index is -3.74. The Morgan fingerprint density at radius 1 is 1.16 bits per heavy atom. The van der Waals surface area contributed by atoms with Crippen LogP contribution in [0.2, 0.25) is 0 Å². The van der Waals surface area contributed by atoms with E-state index in [9.17, 15) is 17.6 Å². The van der Waals surface area contributed by atoms with Gasteiger partial charge in [-0.1, -0.05) is 18.2 Å². The number of carbonyl (C=O) groups is 1. The van der Waals surface area contributed by atoms with Gasteiger partial charge in [0.2, 0.25) is 15.9 Å². The van der Waals surface area contributed by atoms with Gasteiger partial charge in [-0.05, 0) is 43.2 Å². The van der Waals surface area contributed by atoms with Gasteiger partial charge in [0.15, 0.2) is 0 Å². The maximum atomic E-state index is 14.1. The molecular weight excluding hydrogens is 343 g/mol. The fourth-order valence-electron chi connectivity index (χ4n) is 3.13. The van der Waals surface area contributed by atoms with E-state index in [4.69, 9.17) is 0 Å². The predicted octanol–water partition coefficient (Wildman–Crippen LogP) is 3.31. The average molecular weight is 362 g/mol. The van der Waals surface area contributed by atoms with E-state index < -0.39 is 21.9 Å². The molecule has 7 heteroatoms. The number of hydrogen-bond acceptors (Lipinski definition) is 3. The Morgan fingerprint density at radius 3 is 2.48 bits per heavy atom. The highest BCUT2D eigenvalue weighted by molar-refractivity contribution is 7.89. The van der Waals surface area contributed by atoms with Crippen molar-refractivity contribution in [1.82, 2.24) is 4.31 Å². The van der Waals surface area contributed by atoms with E-state index >= 15 is 0 Å². The number of anilines is 1. The van der Waals surface area contributed by atoms with Crippen LogP contribution >= 0.6 is 0 Å². The zero-order chi connectivity index (χ0) is 18.0. The zero-order valence-electron chi connectivity index (χ0n) is 13.8. The van der Waals surface area contributed by atoms with E-state index in [1.165, 1.54) is 29.4 Å². The van der Waals surface area contributed by atoms with Crippen molar-refractivity contribution in [1.29, 1.82) is 0 Å². The van der Waals surface area contributed by atoms with Crippen molar-refractivity contribution >= 4 is 21.6 Å². The third-order valence-corrected chi connectivity index (χ3v) is 6.17. The molecule has 1 N–H and O–H groups in total. The molecule has 1 fully saturated rings. The first-order valence-corrected chi connectivity index (χ1v) is 9.47. The normalized spacial score (nSPS) is 18.2. The molecule has 0 spiro atoms. The number of amides is 1. The van der Waals surface area contributed by atoms with Crippen LogP contribution in [0.4, 0.5) is 10.1 Å². The maximum Gasteiger partial charge on any atom is 0.243 e. The van der Waals surface area contributed by atoms with Gasteiger partial charge in [0, 0.05) is 24.7 Å². The van der Waals surface area contributed by atoms with Crippen LogP contribution in [0, 0.1) is 5.82 Å². The maximum absolute atomic E-state index is 14.1. The molecule has 5 nitrogen and oxygen atoms in total. The zero-order valence-corrected chi connectivity index (χ0v) is 14.6. The van der Waals surface area contributed by atoms with Gasteiger partial charge in [-0.15, -0.1) is 0 Å². The number of nitrogens with one attached hydrogen (secondary N) is 1. The van der Waals surface area contributed by atoms with Crippen molar-refractivity contribution in [3.63, 3.8) is 0 Å². The molecule has 1 atom stereocenters. The first kappa shape index (κ1) is 17.6. The lowest BCUT2D eigenvalue weighted by molar-refractivity contribution is -0.114. The van der Waals surface area contributed by atoms with Crippen LogP contribution in [0.5, 0.6) is 0 Å². The molecule has 0 bridgehead atoms. The first-order chi connectivity index (χ1) is 11.9. The standard InChI is InChI=1S/C18H19FN2O3S/c1-13(22)20-14-8-10-15(11-9-14)25(23,24)21-12-4-7-18(21)16-5-2-3-6-17(16)19/h2-3,5-6,8-11,18H,4,7,12H2,1H3,(H,20,22)/t18-/m0/s1. The molecule has 2 aromatic carbocycles. The highest BCUT2D eigenvalue weighted by Gasteiger charge is 2.37. The number of hydrogen-bond donors (Lipinski definition) is 1. The van der Waals surface area contributed by atoms with Gasteiger partial charge in [-0.3, -0.25) is 4.79 Å². The molecular formula is C18H19FN2O3S. The molecule has 0 aromatic heterocycles. The number of nitrogens with zero attached hydrogens (tertiary/aromatic N) is 1. The summed E-state index contributed by atoms with van der Waals surface area (Å²) in [6.07, 6.45) is 1.27. The quantitative estimate of drug-likeness (QED) is 0.907. The van der Waals surface area contributed by atoms with Crippen molar-refractivity contribution in [3.05, 3.63) is 59.9 Å². The van der Waals surface area contributed by atoms with Gasteiger partial charge in [0.05, 0.1) is 10.9 Å². The molecule has 2 aromatic rings. The van der Waals surface area contributed by atoms with Gasteiger partial charge in [0.25, 0.3) is 0 Å². The third-order valence-electron chi connectivity index (χ3n) is 4.25. The monoisotopic (exact) mass is 362 g/mol. The summed E-state index contributed by atoms with van der Waals surface area (Å²) in [4.78, 5) is 11.2. The summed E-state index contributed by atoms with van der Waals surface area (Å²) < 4.78 is 41.4. The van der Waals surface area contributed by atoms with Crippen LogP contribution in [0.25, 0.3) is 0 Å². The highest BCUT2D eigenvalue weighted by atomic mass is 32.2. The van der Waals surface area contributed by atoms with Gasteiger partial charge in [-0.2, -0.15) is 4.31 Å². The van der Waals surface area contributed by atoms with Crippen molar-refractivity contribution in [2.45, 2.75) is 30.7 Å². The molecule has 1 heterocycles. The first-order valence-electron chi connectivity index (χ1n) is 8.03. The molecule has 1 saturated heterocycles. The van der Waals surface area contributed by atoms with E-state index in [0.717, 1.165) is 0 Å². The molecule has 132 valence electrons. The van der Waals surface area contributed by atoms with Gasteiger partial charge in [0.1, 0.15) is 5.82 Å². The number of carbonyl (C=O) groups excluding carboxylic acids is 1. The number of sulfonamides is 1. The Hall–Kier alpha value is -2.25. The Morgan fingerprint density at radius 2 is 1.84 bits per heavy atom. The minimum Gasteiger partial charge on any atom is -0.326 e. The molecule has 0 saturated carbocycles. The Balaban J connectivity index is 1.91. The summed E-state index contributed by atoms with van der Waals surface area (Å²) in [6.45, 7) is 1.74. The summed E-state index contributed by atoms with van der Waals surface area (Å²) in [5.74, 6) is -0.620. The van der Waals surface area contributed by atoms with E-state index in [0.29, 0.717) is 30.6 Å². The summed E-state index contributed by atoms with van der Waals surface area (Å²) >= 11 is 0. The summed E-state index contributed by atoms with van der Waals surface area (Å²) in [7, 11) is -3.74. The topological polar surface area (TPSA) is 66.5 Å². The predicted molar refractivity (Wildman–Crippen MR) is 93.0 cm³/mol. The SMILES string of the molecule is CC(=O)Nc1ccc(S(=O)(=O)N2CCC[C@H]2c2ccccc2F)cc1. The van der Waals surface area contributed by atoms with Gasteiger partial charge < -0.3 is 5.32 Å². The average Bonchev–Trinajstić information content (AvgIpc) is 3.05. The van der Waals surface area contributed by atoms with E-state index in [1.54, 1.807) is 30.3 Å². The lowest BCUT2D eigenvalue weighted by atomic mass is 10.1. The molecule has 25 heavy (non-hydrogen) atoms. The van der Waals surface area contributed by atoms with E-state index in [1.807, 2.05) is 0 Å². The van der Waals surface area contributed by atoms with Crippen LogP contribution < -0.4 is 5.32 Å². The molecule has 1 aliphatic rings. The molecule has 1 aliphatic heterocycles. The second-order valence-corrected chi connectivity index (χ2v) is 7.89. The Kier molecular flexibility index (Phi) is 4.87. The molecule has 0 aliphatic carbocycles. The molecule has 3 rings (SSSR count). The van der Waals surface area contributed by atoms with Crippen LogP contribution in [-0.4, -0.2) is 25.2 Å². The molecule has 0 unspecified atom stereocenters. The van der Waals surface area contributed by atoms with E-state index in [-0.39, 0.29) is 10.8 Å². The summed E-state index contributed by atoms with van der Waals surface area (Å²) in [5.41, 5.74) is 0.928. The molecule has 0 radical (unpaired) electrons. The van der Waals surface area contributed by atoms with E-state index in [2.05, 4.69) is 5.32 Å². The van der Waals surface area contributed by atoms with Crippen molar-refractivity contribution in [2.24, 2.45) is 0 Å². The molecule has 1 amide bonds. The van der Waals surface area contributed by atoms with Crippen LogP contribution in [0.15, 0.2) is 53.4 Å². The highest BCUT2D eigenvalue weighted by Crippen LogP contribution is 2.37. The second-order valence-electron chi connectivity index (χ2n) is 6.00. The van der Waals surface area contributed by atoms with Crippen molar-refractivity contribution in [2.75, 3.05) is 11.9 Å². The smallest absolute Gasteiger partial charge is 0.243 e. The number of halogens is 1. The fraction of sp³-hybridized carbons (Fsp3) is 0.278. The van der Waals surface area contributed by atoms with Crippen LogP contribution in [0.3, 0.4) is 0 Å². The second kappa shape index (κ2) is 6.93. The van der Waals surface area contributed by atoms with Crippen LogP contribution in [0.1, 0.15) is 31.4 Å².